The maximum Gasteiger partial charge on any atom is 0.211 e. The van der Waals surface area contributed by atoms with E-state index < -0.39 is 0 Å². The van der Waals surface area contributed by atoms with Crippen LogP contribution in [-0.4, -0.2) is 19.3 Å². The van der Waals surface area contributed by atoms with Gasteiger partial charge in [0.1, 0.15) is 6.61 Å². The quantitative estimate of drug-likeness (QED) is 0.466. The molecule has 0 aliphatic heterocycles. The molecule has 2 aromatic rings. The van der Waals surface area contributed by atoms with Gasteiger partial charge >= 0.3 is 0 Å². The molecule has 0 heterocycles. The lowest BCUT2D eigenvalue weighted by Gasteiger charge is -2.13. The minimum absolute atomic E-state index is 0.135. The summed E-state index contributed by atoms with van der Waals surface area (Å²) in [5.41, 5.74) is 11.9. The van der Waals surface area contributed by atoms with Crippen molar-refractivity contribution >= 4 is 35.4 Å². The van der Waals surface area contributed by atoms with E-state index in [1.807, 2.05) is 18.2 Å². The molecular formula is C16H16Cl2N4O2. The van der Waals surface area contributed by atoms with Gasteiger partial charge in [-0.25, -0.2) is 0 Å². The van der Waals surface area contributed by atoms with Gasteiger partial charge in [-0.3, -0.25) is 0 Å². The normalized spacial score (nSPS) is 10.6. The molecule has 0 spiro atoms. The predicted octanol–water partition coefficient (Wildman–Crippen LogP) is 3.19. The minimum atomic E-state index is -0.135. The Morgan fingerprint density at radius 2 is 1.92 bits per heavy atom. The maximum absolute atomic E-state index is 6.28. The molecule has 0 saturated carbocycles. The van der Waals surface area contributed by atoms with Crippen LogP contribution >= 0.6 is 23.2 Å². The first-order valence-corrected chi connectivity index (χ1v) is 7.62. The average molecular weight is 367 g/mol. The molecule has 0 unspecified atom stereocenters. The second-order valence-electron chi connectivity index (χ2n) is 4.68. The van der Waals surface area contributed by atoms with Crippen molar-refractivity contribution in [2.75, 3.05) is 7.11 Å². The molecule has 0 radical (unpaired) electrons. The summed E-state index contributed by atoms with van der Waals surface area (Å²) in [4.78, 5) is 0. The van der Waals surface area contributed by atoms with E-state index in [9.17, 15) is 0 Å². The predicted molar refractivity (Wildman–Crippen MR) is 97.2 cm³/mol. The molecule has 0 aromatic heterocycles. The van der Waals surface area contributed by atoms with Crippen LogP contribution in [0.25, 0.3) is 0 Å². The zero-order valence-corrected chi connectivity index (χ0v) is 14.4. The Balaban J connectivity index is 2.22. The summed E-state index contributed by atoms with van der Waals surface area (Å²) in [6.07, 6.45) is 1.45. The summed E-state index contributed by atoms with van der Waals surface area (Å²) in [5.74, 6) is 0.739. The molecule has 24 heavy (non-hydrogen) atoms. The smallest absolute Gasteiger partial charge is 0.211 e. The molecule has 0 aliphatic rings. The van der Waals surface area contributed by atoms with E-state index in [4.69, 9.17) is 44.1 Å². The van der Waals surface area contributed by atoms with Crippen LogP contribution in [0.15, 0.2) is 46.6 Å². The SMILES string of the molecule is COc1cc(C=NN=C(N)N)cc(Cl)c1OCc1ccccc1Cl. The van der Waals surface area contributed by atoms with Gasteiger partial charge in [-0.15, -0.1) is 5.10 Å². The third kappa shape index (κ3) is 4.78. The highest BCUT2D eigenvalue weighted by Crippen LogP contribution is 2.37. The standard InChI is InChI=1S/C16H16Cl2N4O2/c1-23-14-7-10(8-21-22-16(19)20)6-13(18)15(14)24-9-11-4-2-3-5-12(11)17/h2-8H,9H2,1H3,(H4,19,20,22). The van der Waals surface area contributed by atoms with E-state index in [2.05, 4.69) is 10.2 Å². The van der Waals surface area contributed by atoms with Gasteiger partial charge in [0, 0.05) is 16.1 Å². The number of rotatable bonds is 6. The van der Waals surface area contributed by atoms with Gasteiger partial charge in [0.2, 0.25) is 5.96 Å². The number of halogens is 2. The van der Waals surface area contributed by atoms with Crippen molar-refractivity contribution in [3.05, 3.63) is 57.6 Å². The molecule has 126 valence electrons. The first kappa shape index (κ1) is 17.9. The summed E-state index contributed by atoms with van der Waals surface area (Å²) in [6.45, 7) is 0.261. The first-order chi connectivity index (χ1) is 11.5. The van der Waals surface area contributed by atoms with Crippen LogP contribution in [0, 0.1) is 0 Å². The molecule has 2 rings (SSSR count). The molecule has 0 atom stereocenters. The molecule has 0 bridgehead atoms. The van der Waals surface area contributed by atoms with E-state index in [0.29, 0.717) is 27.1 Å². The van der Waals surface area contributed by atoms with Gasteiger partial charge in [0.25, 0.3) is 0 Å². The van der Waals surface area contributed by atoms with E-state index in [1.54, 1.807) is 18.2 Å². The summed E-state index contributed by atoms with van der Waals surface area (Å²) in [6, 6.07) is 10.8. The van der Waals surface area contributed by atoms with E-state index in [-0.39, 0.29) is 12.6 Å². The molecule has 0 saturated heterocycles. The average Bonchev–Trinajstić information content (AvgIpc) is 2.54. The van der Waals surface area contributed by atoms with Crippen LogP contribution in [0.5, 0.6) is 11.5 Å². The molecular weight excluding hydrogens is 351 g/mol. The highest BCUT2D eigenvalue weighted by Gasteiger charge is 2.12. The van der Waals surface area contributed by atoms with Gasteiger partial charge in [-0.1, -0.05) is 41.4 Å². The summed E-state index contributed by atoms with van der Waals surface area (Å²) >= 11 is 12.4. The monoisotopic (exact) mass is 366 g/mol. The second-order valence-corrected chi connectivity index (χ2v) is 5.50. The minimum Gasteiger partial charge on any atom is -0.493 e. The fourth-order valence-corrected chi connectivity index (χ4v) is 2.35. The number of methoxy groups -OCH3 is 1. The summed E-state index contributed by atoms with van der Waals surface area (Å²) in [5, 5.41) is 8.25. The van der Waals surface area contributed by atoms with Crippen molar-refractivity contribution in [2.24, 2.45) is 21.7 Å². The molecule has 0 aliphatic carbocycles. The highest BCUT2D eigenvalue weighted by atomic mass is 35.5. The first-order valence-electron chi connectivity index (χ1n) is 6.87. The number of hydrogen-bond acceptors (Lipinski definition) is 4. The zero-order valence-electron chi connectivity index (χ0n) is 12.9. The molecule has 4 N–H and O–H groups in total. The van der Waals surface area contributed by atoms with Crippen LogP contribution < -0.4 is 20.9 Å². The van der Waals surface area contributed by atoms with Crippen molar-refractivity contribution in [1.29, 1.82) is 0 Å². The molecule has 0 fully saturated rings. The number of nitrogens with zero attached hydrogens (tertiary/aromatic N) is 2. The van der Waals surface area contributed by atoms with Gasteiger partial charge in [0.15, 0.2) is 11.5 Å². The fourth-order valence-electron chi connectivity index (χ4n) is 1.88. The van der Waals surface area contributed by atoms with E-state index in [0.717, 1.165) is 5.56 Å². The van der Waals surface area contributed by atoms with Gasteiger partial charge < -0.3 is 20.9 Å². The van der Waals surface area contributed by atoms with E-state index in [1.165, 1.54) is 13.3 Å². The molecule has 2 aromatic carbocycles. The number of guanidine groups is 1. The number of nitrogens with two attached hydrogens (primary N) is 2. The van der Waals surface area contributed by atoms with Crippen LogP contribution in [0.2, 0.25) is 10.0 Å². The Morgan fingerprint density at radius 1 is 1.17 bits per heavy atom. The number of benzene rings is 2. The lowest BCUT2D eigenvalue weighted by Crippen LogP contribution is -2.21. The summed E-state index contributed by atoms with van der Waals surface area (Å²) in [7, 11) is 1.52. The Labute approximate surface area is 149 Å². The van der Waals surface area contributed by atoms with Crippen LogP contribution in [0.4, 0.5) is 0 Å². The lowest BCUT2D eigenvalue weighted by molar-refractivity contribution is 0.285. The third-order valence-electron chi connectivity index (χ3n) is 2.96. The van der Waals surface area contributed by atoms with Crippen LogP contribution in [0.3, 0.4) is 0 Å². The van der Waals surface area contributed by atoms with Crippen molar-refractivity contribution < 1.29 is 9.47 Å². The largest absolute Gasteiger partial charge is 0.493 e. The Morgan fingerprint density at radius 3 is 2.58 bits per heavy atom. The second kappa shape index (κ2) is 8.42. The highest BCUT2D eigenvalue weighted by molar-refractivity contribution is 6.32. The molecule has 6 nitrogen and oxygen atoms in total. The molecule has 8 heteroatoms. The zero-order chi connectivity index (χ0) is 17.5. The Hall–Kier alpha value is -2.44. The third-order valence-corrected chi connectivity index (χ3v) is 3.61. The van der Waals surface area contributed by atoms with Gasteiger partial charge in [-0.2, -0.15) is 5.10 Å². The van der Waals surface area contributed by atoms with Crippen molar-refractivity contribution in [1.82, 2.24) is 0 Å². The van der Waals surface area contributed by atoms with Gasteiger partial charge in [-0.05, 0) is 18.2 Å². The van der Waals surface area contributed by atoms with E-state index >= 15 is 0 Å². The Bertz CT molecular complexity index is 775. The van der Waals surface area contributed by atoms with Crippen LogP contribution in [0.1, 0.15) is 11.1 Å². The summed E-state index contributed by atoms with van der Waals surface area (Å²) < 4.78 is 11.1. The topological polar surface area (TPSA) is 95.2 Å². The van der Waals surface area contributed by atoms with Crippen molar-refractivity contribution in [3.63, 3.8) is 0 Å². The number of ether oxygens (including phenoxy) is 2. The number of hydrogen-bond donors (Lipinski definition) is 2. The van der Waals surface area contributed by atoms with Crippen molar-refractivity contribution in [3.8, 4) is 11.5 Å². The fraction of sp³-hybridized carbons (Fsp3) is 0.125. The van der Waals surface area contributed by atoms with Gasteiger partial charge in [0.05, 0.1) is 18.3 Å². The Kier molecular flexibility index (Phi) is 6.28. The van der Waals surface area contributed by atoms with Crippen LogP contribution in [-0.2, 0) is 6.61 Å². The molecule has 0 amide bonds. The lowest BCUT2D eigenvalue weighted by atomic mass is 10.2. The maximum atomic E-state index is 6.28. The van der Waals surface area contributed by atoms with Crippen molar-refractivity contribution in [2.45, 2.75) is 6.61 Å².